The molecule has 0 unspecified atom stereocenters. The SMILES string of the molecule is COc1cnc(Cl)cc1-c1cc(C)ncc1C(=O)Nc1nc2c(s1)CN(C(=O)c1ccc(C)cn1)C2. The Balaban J connectivity index is 1.35. The van der Waals surface area contributed by atoms with Gasteiger partial charge in [0.15, 0.2) is 5.13 Å². The molecule has 182 valence electrons. The fourth-order valence-corrected chi connectivity index (χ4v) is 5.05. The summed E-state index contributed by atoms with van der Waals surface area (Å²) < 4.78 is 5.44. The van der Waals surface area contributed by atoms with E-state index >= 15 is 0 Å². The summed E-state index contributed by atoms with van der Waals surface area (Å²) in [5.74, 6) is -0.0251. The van der Waals surface area contributed by atoms with E-state index in [0.717, 1.165) is 21.8 Å². The molecule has 4 aromatic rings. The Hall–Kier alpha value is -3.89. The van der Waals surface area contributed by atoms with Gasteiger partial charge in [-0.3, -0.25) is 24.9 Å². The Morgan fingerprint density at radius 1 is 1.06 bits per heavy atom. The van der Waals surface area contributed by atoms with Crippen LogP contribution >= 0.6 is 22.9 Å². The number of nitrogens with zero attached hydrogens (tertiary/aromatic N) is 5. The second-order valence-electron chi connectivity index (χ2n) is 8.30. The van der Waals surface area contributed by atoms with Crippen LogP contribution in [0.1, 0.15) is 42.7 Å². The molecule has 0 bridgehead atoms. The van der Waals surface area contributed by atoms with Crippen LogP contribution in [0.15, 0.2) is 42.9 Å². The minimum Gasteiger partial charge on any atom is -0.494 e. The third-order valence-electron chi connectivity index (χ3n) is 5.72. The number of pyridine rings is 3. The molecule has 0 atom stereocenters. The minimum absolute atomic E-state index is 0.147. The Kier molecular flexibility index (Phi) is 6.38. The van der Waals surface area contributed by atoms with E-state index in [4.69, 9.17) is 16.3 Å². The maximum absolute atomic E-state index is 13.3. The third kappa shape index (κ3) is 4.65. The number of methoxy groups -OCH3 is 1. The predicted molar refractivity (Wildman–Crippen MR) is 136 cm³/mol. The molecule has 0 aliphatic carbocycles. The fourth-order valence-electron chi connectivity index (χ4n) is 3.91. The molecule has 0 saturated carbocycles. The number of carbonyl (C=O) groups is 2. The molecule has 0 radical (unpaired) electrons. The van der Waals surface area contributed by atoms with E-state index in [1.807, 2.05) is 19.9 Å². The normalized spacial score (nSPS) is 12.4. The number of amides is 2. The van der Waals surface area contributed by atoms with E-state index in [1.54, 1.807) is 29.3 Å². The molecule has 4 aromatic heterocycles. The summed E-state index contributed by atoms with van der Waals surface area (Å²) in [7, 11) is 1.53. The van der Waals surface area contributed by atoms with Crippen molar-refractivity contribution < 1.29 is 14.3 Å². The van der Waals surface area contributed by atoms with Gasteiger partial charge in [0.05, 0.1) is 42.5 Å². The van der Waals surface area contributed by atoms with E-state index in [9.17, 15) is 9.59 Å². The van der Waals surface area contributed by atoms with Crippen LogP contribution in [-0.4, -0.2) is 43.8 Å². The Labute approximate surface area is 216 Å². The van der Waals surface area contributed by atoms with Crippen LogP contribution in [0, 0.1) is 13.8 Å². The maximum Gasteiger partial charge on any atom is 0.273 e. The molecule has 5 heterocycles. The number of ether oxygens (including phenoxy) is 1. The second-order valence-corrected chi connectivity index (χ2v) is 9.77. The van der Waals surface area contributed by atoms with Crippen LogP contribution in [0.25, 0.3) is 11.1 Å². The number of halogens is 1. The minimum atomic E-state index is -0.364. The molecule has 9 nitrogen and oxygen atoms in total. The van der Waals surface area contributed by atoms with Gasteiger partial charge in [0, 0.05) is 29.2 Å². The van der Waals surface area contributed by atoms with Gasteiger partial charge < -0.3 is 9.64 Å². The van der Waals surface area contributed by atoms with Crippen molar-refractivity contribution in [3.05, 3.63) is 81.1 Å². The molecule has 0 spiro atoms. The van der Waals surface area contributed by atoms with Crippen molar-refractivity contribution >= 4 is 39.9 Å². The Morgan fingerprint density at radius 2 is 1.89 bits per heavy atom. The Bertz CT molecular complexity index is 1460. The molecule has 1 aliphatic rings. The van der Waals surface area contributed by atoms with E-state index in [1.165, 1.54) is 30.8 Å². The number of carbonyl (C=O) groups excluding carboxylic acids is 2. The summed E-state index contributed by atoms with van der Waals surface area (Å²) in [5, 5.41) is 3.61. The van der Waals surface area contributed by atoms with E-state index < -0.39 is 0 Å². The fraction of sp³-hybridized carbons (Fsp3) is 0.200. The van der Waals surface area contributed by atoms with Gasteiger partial charge in [-0.15, -0.1) is 0 Å². The van der Waals surface area contributed by atoms with Crippen molar-refractivity contribution in [1.29, 1.82) is 0 Å². The zero-order valence-electron chi connectivity index (χ0n) is 19.7. The largest absolute Gasteiger partial charge is 0.494 e. The monoisotopic (exact) mass is 520 g/mol. The van der Waals surface area contributed by atoms with Crippen LogP contribution in [0.2, 0.25) is 5.15 Å². The second kappa shape index (κ2) is 9.63. The lowest BCUT2D eigenvalue weighted by Crippen LogP contribution is -2.26. The third-order valence-corrected chi connectivity index (χ3v) is 6.93. The lowest BCUT2D eigenvalue weighted by Gasteiger charge is -2.15. The number of hydrogen-bond donors (Lipinski definition) is 1. The number of rotatable bonds is 5. The maximum atomic E-state index is 13.3. The van der Waals surface area contributed by atoms with Crippen LogP contribution in [0.3, 0.4) is 0 Å². The van der Waals surface area contributed by atoms with E-state index in [0.29, 0.717) is 46.4 Å². The summed E-state index contributed by atoms with van der Waals surface area (Å²) in [4.78, 5) is 45.8. The molecule has 36 heavy (non-hydrogen) atoms. The van der Waals surface area contributed by atoms with Crippen LogP contribution in [-0.2, 0) is 13.1 Å². The molecule has 2 amide bonds. The van der Waals surface area contributed by atoms with Crippen molar-refractivity contribution in [2.75, 3.05) is 12.4 Å². The average molecular weight is 521 g/mol. The summed E-state index contributed by atoms with van der Waals surface area (Å²) in [6, 6.07) is 7.04. The van der Waals surface area contributed by atoms with Crippen LogP contribution < -0.4 is 10.1 Å². The predicted octanol–water partition coefficient (Wildman–Crippen LogP) is 4.68. The molecular weight excluding hydrogens is 500 g/mol. The molecule has 5 rings (SSSR count). The summed E-state index contributed by atoms with van der Waals surface area (Å²) in [6.07, 6.45) is 4.71. The highest BCUT2D eigenvalue weighted by Gasteiger charge is 2.29. The number of hydrogen-bond acceptors (Lipinski definition) is 8. The molecule has 1 aliphatic heterocycles. The lowest BCUT2D eigenvalue weighted by molar-refractivity contribution is 0.0744. The van der Waals surface area contributed by atoms with Crippen molar-refractivity contribution in [2.24, 2.45) is 0 Å². The smallest absolute Gasteiger partial charge is 0.273 e. The highest BCUT2D eigenvalue weighted by molar-refractivity contribution is 7.16. The Morgan fingerprint density at radius 3 is 2.61 bits per heavy atom. The molecular formula is C25H21ClN6O3S. The van der Waals surface area contributed by atoms with Crippen molar-refractivity contribution in [3.63, 3.8) is 0 Å². The van der Waals surface area contributed by atoms with Gasteiger partial charge in [-0.1, -0.05) is 29.0 Å². The van der Waals surface area contributed by atoms with Gasteiger partial charge in [-0.2, -0.15) is 0 Å². The number of nitrogens with one attached hydrogen (secondary N) is 1. The molecule has 0 aromatic carbocycles. The number of anilines is 1. The standard InChI is InChI=1S/C25H21ClN6O3S/c1-13-4-5-18(28-8-13)24(34)32-11-19-21(12-32)36-25(30-19)31-23(33)17-9-27-14(2)6-15(17)16-7-22(26)29-10-20(16)35-3/h4-10H,11-12H2,1-3H3,(H,30,31,33). The summed E-state index contributed by atoms with van der Waals surface area (Å²) >= 11 is 7.47. The summed E-state index contributed by atoms with van der Waals surface area (Å²) in [5.41, 5.74) is 4.49. The van der Waals surface area contributed by atoms with Gasteiger partial charge in [-0.05, 0) is 37.6 Å². The first-order valence-corrected chi connectivity index (χ1v) is 12.2. The lowest BCUT2D eigenvalue weighted by atomic mass is 10.0. The number of thiazole rings is 1. The van der Waals surface area contributed by atoms with Gasteiger partial charge in [-0.25, -0.2) is 9.97 Å². The van der Waals surface area contributed by atoms with Crippen LogP contribution in [0.5, 0.6) is 5.75 Å². The number of fused-ring (bicyclic) bond motifs is 1. The number of aryl methyl sites for hydroxylation is 2. The van der Waals surface area contributed by atoms with Gasteiger partial charge in [0.1, 0.15) is 16.6 Å². The highest BCUT2D eigenvalue weighted by Crippen LogP contribution is 2.35. The first kappa shape index (κ1) is 23.8. The van der Waals surface area contributed by atoms with Crippen molar-refractivity contribution in [1.82, 2.24) is 24.8 Å². The molecule has 1 N–H and O–H groups in total. The van der Waals surface area contributed by atoms with Gasteiger partial charge in [0.25, 0.3) is 11.8 Å². The highest BCUT2D eigenvalue weighted by atomic mass is 35.5. The molecule has 0 saturated heterocycles. The van der Waals surface area contributed by atoms with E-state index in [2.05, 4.69) is 25.3 Å². The first-order chi connectivity index (χ1) is 17.3. The zero-order valence-corrected chi connectivity index (χ0v) is 21.3. The summed E-state index contributed by atoms with van der Waals surface area (Å²) in [6.45, 7) is 4.54. The topological polar surface area (TPSA) is 110 Å². The quantitative estimate of drug-likeness (QED) is 0.380. The number of aromatic nitrogens is 4. The van der Waals surface area contributed by atoms with E-state index in [-0.39, 0.29) is 17.0 Å². The average Bonchev–Trinajstić information content (AvgIpc) is 3.42. The first-order valence-electron chi connectivity index (χ1n) is 11.0. The molecule has 11 heteroatoms. The van der Waals surface area contributed by atoms with Crippen molar-refractivity contribution in [2.45, 2.75) is 26.9 Å². The molecule has 0 fully saturated rings. The van der Waals surface area contributed by atoms with Crippen molar-refractivity contribution in [3.8, 4) is 16.9 Å². The zero-order chi connectivity index (χ0) is 25.4. The van der Waals surface area contributed by atoms with Gasteiger partial charge >= 0.3 is 0 Å². The van der Waals surface area contributed by atoms with Crippen LogP contribution in [0.4, 0.5) is 5.13 Å². The van der Waals surface area contributed by atoms with Gasteiger partial charge in [0.2, 0.25) is 0 Å².